The largest absolute Gasteiger partial charge is 0.326 e. The molecule has 2 N–H and O–H groups in total. The Morgan fingerprint density at radius 3 is 2.57 bits per heavy atom. The maximum Gasteiger partial charge on any atom is 0.264 e. The Bertz CT molecular complexity index is 1140. The molecule has 0 spiro atoms. The number of anilines is 2. The molecule has 4 rings (SSSR count). The van der Waals surface area contributed by atoms with Gasteiger partial charge < -0.3 is 10.2 Å². The molecule has 0 atom stereocenters. The minimum Gasteiger partial charge on any atom is -0.326 e. The summed E-state index contributed by atoms with van der Waals surface area (Å²) >= 11 is 1.53. The first-order chi connectivity index (χ1) is 14.3. The van der Waals surface area contributed by atoms with Crippen molar-refractivity contribution < 1.29 is 13.2 Å². The topological polar surface area (TPSA) is 117 Å². The average Bonchev–Trinajstić information content (AvgIpc) is 3.26. The van der Waals surface area contributed by atoms with Crippen LogP contribution in [0.3, 0.4) is 0 Å². The number of aryl methyl sites for hydroxylation is 2. The van der Waals surface area contributed by atoms with E-state index in [1.54, 1.807) is 32.0 Å². The zero-order chi connectivity index (χ0) is 21.3. The highest BCUT2D eigenvalue weighted by Crippen LogP contribution is 2.31. The SMILES string of the molecule is Cc1cc(C)nc(NS(=O)(=O)c2ccc(NC(=O)CC3=CSC4=NCCN34)cc2)n1. The van der Waals surface area contributed by atoms with E-state index in [1.807, 2.05) is 10.3 Å². The smallest absolute Gasteiger partial charge is 0.264 e. The molecule has 1 aromatic carbocycles. The van der Waals surface area contributed by atoms with Gasteiger partial charge in [-0.25, -0.2) is 23.1 Å². The van der Waals surface area contributed by atoms with Crippen LogP contribution < -0.4 is 10.0 Å². The fourth-order valence-corrected chi connectivity index (χ4v) is 5.05. The van der Waals surface area contributed by atoms with Gasteiger partial charge in [0.1, 0.15) is 0 Å². The normalized spacial score (nSPS) is 15.5. The van der Waals surface area contributed by atoms with Gasteiger partial charge in [-0.2, -0.15) is 0 Å². The molecule has 0 unspecified atom stereocenters. The van der Waals surface area contributed by atoms with E-state index in [0.717, 1.165) is 24.0 Å². The Balaban J connectivity index is 1.39. The third kappa shape index (κ3) is 4.46. The number of amidine groups is 1. The monoisotopic (exact) mass is 444 g/mol. The minimum absolute atomic E-state index is 0.0254. The molecule has 156 valence electrons. The van der Waals surface area contributed by atoms with Gasteiger partial charge in [-0.05, 0) is 49.6 Å². The molecule has 0 fully saturated rings. The molecule has 0 saturated heterocycles. The molecule has 2 aromatic rings. The van der Waals surface area contributed by atoms with E-state index in [1.165, 1.54) is 23.9 Å². The van der Waals surface area contributed by atoms with E-state index in [-0.39, 0.29) is 23.2 Å². The molecule has 1 amide bonds. The molecule has 3 heterocycles. The Hall–Kier alpha value is -2.92. The predicted octanol–water partition coefficient (Wildman–Crippen LogP) is 2.48. The third-order valence-corrected chi connectivity index (χ3v) is 6.74. The lowest BCUT2D eigenvalue weighted by molar-refractivity contribution is -0.115. The lowest BCUT2D eigenvalue weighted by Gasteiger charge is -2.16. The second kappa shape index (κ2) is 8.07. The molecular weight excluding hydrogens is 424 g/mol. The number of amides is 1. The van der Waals surface area contributed by atoms with Crippen LogP contribution >= 0.6 is 11.8 Å². The van der Waals surface area contributed by atoms with E-state index >= 15 is 0 Å². The van der Waals surface area contributed by atoms with Gasteiger partial charge in [0.05, 0.1) is 17.9 Å². The number of thioether (sulfide) groups is 1. The van der Waals surface area contributed by atoms with Crippen molar-refractivity contribution in [3.8, 4) is 0 Å². The van der Waals surface area contributed by atoms with Crippen molar-refractivity contribution in [2.75, 3.05) is 23.1 Å². The van der Waals surface area contributed by atoms with E-state index < -0.39 is 10.0 Å². The lowest BCUT2D eigenvalue weighted by atomic mass is 10.2. The quantitative estimate of drug-likeness (QED) is 0.703. The highest BCUT2D eigenvalue weighted by atomic mass is 32.2. The number of aromatic nitrogens is 2. The summed E-state index contributed by atoms with van der Waals surface area (Å²) in [5.74, 6) is -0.148. The number of aliphatic imine (C=N–C) groups is 1. The third-order valence-electron chi connectivity index (χ3n) is 4.45. The Kier molecular flexibility index (Phi) is 5.48. The number of benzene rings is 1. The van der Waals surface area contributed by atoms with Crippen LogP contribution in [0.4, 0.5) is 11.6 Å². The number of carbonyl (C=O) groups is 1. The van der Waals surface area contributed by atoms with Crippen LogP contribution in [-0.2, 0) is 14.8 Å². The van der Waals surface area contributed by atoms with Gasteiger partial charge in [-0.15, -0.1) is 0 Å². The summed E-state index contributed by atoms with van der Waals surface area (Å²) in [5.41, 5.74) is 2.77. The van der Waals surface area contributed by atoms with Gasteiger partial charge in [-0.1, -0.05) is 11.8 Å². The Morgan fingerprint density at radius 2 is 1.87 bits per heavy atom. The van der Waals surface area contributed by atoms with Crippen LogP contribution in [0, 0.1) is 13.8 Å². The van der Waals surface area contributed by atoms with E-state index in [9.17, 15) is 13.2 Å². The summed E-state index contributed by atoms with van der Waals surface area (Å²) in [4.78, 5) is 27.0. The van der Waals surface area contributed by atoms with Crippen LogP contribution in [0.15, 0.2) is 51.3 Å². The zero-order valence-corrected chi connectivity index (χ0v) is 18.0. The second-order valence-corrected chi connectivity index (χ2v) is 9.39. The number of carbonyl (C=O) groups excluding carboxylic acids is 1. The summed E-state index contributed by atoms with van der Waals surface area (Å²) in [6, 6.07) is 7.71. The van der Waals surface area contributed by atoms with E-state index in [2.05, 4.69) is 25.0 Å². The molecular formula is C19H20N6O3S2. The van der Waals surface area contributed by atoms with Crippen LogP contribution in [0.2, 0.25) is 0 Å². The lowest BCUT2D eigenvalue weighted by Crippen LogP contribution is -2.24. The number of fused-ring (bicyclic) bond motifs is 1. The average molecular weight is 445 g/mol. The predicted molar refractivity (Wildman–Crippen MR) is 117 cm³/mol. The fraction of sp³-hybridized carbons (Fsp3) is 0.263. The van der Waals surface area contributed by atoms with Crippen molar-refractivity contribution in [2.24, 2.45) is 4.99 Å². The van der Waals surface area contributed by atoms with Crippen molar-refractivity contribution in [1.82, 2.24) is 14.9 Å². The highest BCUT2D eigenvalue weighted by molar-refractivity contribution is 8.16. The molecule has 1 aromatic heterocycles. The maximum atomic E-state index is 12.6. The first-order valence-electron chi connectivity index (χ1n) is 9.23. The number of sulfonamides is 1. The van der Waals surface area contributed by atoms with E-state index in [0.29, 0.717) is 17.1 Å². The second-order valence-electron chi connectivity index (χ2n) is 6.87. The van der Waals surface area contributed by atoms with Crippen molar-refractivity contribution in [1.29, 1.82) is 0 Å². The molecule has 0 radical (unpaired) electrons. The molecule has 0 aliphatic carbocycles. The number of nitrogens with one attached hydrogen (secondary N) is 2. The molecule has 2 aliphatic rings. The van der Waals surface area contributed by atoms with Crippen molar-refractivity contribution in [3.63, 3.8) is 0 Å². The van der Waals surface area contributed by atoms with Crippen LogP contribution in [0.5, 0.6) is 0 Å². The van der Waals surface area contributed by atoms with Crippen molar-refractivity contribution in [3.05, 3.63) is 52.8 Å². The molecule has 9 nitrogen and oxygen atoms in total. The molecule has 2 aliphatic heterocycles. The van der Waals surface area contributed by atoms with Crippen molar-refractivity contribution in [2.45, 2.75) is 25.2 Å². The maximum absolute atomic E-state index is 12.6. The van der Waals surface area contributed by atoms with Gasteiger partial charge >= 0.3 is 0 Å². The molecule has 11 heteroatoms. The minimum atomic E-state index is -3.84. The first-order valence-corrected chi connectivity index (χ1v) is 11.6. The molecule has 0 saturated carbocycles. The summed E-state index contributed by atoms with van der Waals surface area (Å²) in [6.07, 6.45) is 0.234. The Labute approximate surface area is 178 Å². The van der Waals surface area contributed by atoms with Crippen molar-refractivity contribution >= 4 is 44.5 Å². The summed E-state index contributed by atoms with van der Waals surface area (Å²) in [6.45, 7) is 5.08. The fourth-order valence-electron chi connectivity index (χ4n) is 3.15. The molecule has 30 heavy (non-hydrogen) atoms. The summed E-state index contributed by atoms with van der Waals surface area (Å²) in [7, 11) is -3.84. The number of rotatable bonds is 6. The first kappa shape index (κ1) is 20.4. The van der Waals surface area contributed by atoms with Gasteiger partial charge in [0.2, 0.25) is 11.9 Å². The van der Waals surface area contributed by atoms with E-state index in [4.69, 9.17) is 0 Å². The highest BCUT2D eigenvalue weighted by Gasteiger charge is 2.27. The van der Waals surface area contributed by atoms with Gasteiger partial charge in [0, 0.05) is 29.3 Å². The molecule has 0 bridgehead atoms. The van der Waals surface area contributed by atoms with Gasteiger partial charge in [-0.3, -0.25) is 9.79 Å². The van der Waals surface area contributed by atoms with Crippen LogP contribution in [0.25, 0.3) is 0 Å². The number of hydrogen-bond donors (Lipinski definition) is 2. The number of nitrogens with zero attached hydrogens (tertiary/aromatic N) is 4. The Morgan fingerprint density at radius 1 is 1.17 bits per heavy atom. The van der Waals surface area contributed by atoms with Crippen LogP contribution in [-0.4, -0.2) is 47.5 Å². The van der Waals surface area contributed by atoms with Gasteiger partial charge in [0.15, 0.2) is 5.17 Å². The number of hydrogen-bond acceptors (Lipinski definition) is 8. The summed E-state index contributed by atoms with van der Waals surface area (Å²) in [5, 5.41) is 5.67. The standard InChI is InChI=1S/C19H20N6O3S2/c1-12-9-13(2)22-18(21-12)24-30(27,28)16-5-3-14(4-6-16)23-17(26)10-15-11-29-19-20-7-8-25(15)19/h3-6,9,11H,7-8,10H2,1-2H3,(H,23,26)(H,21,22,24). The van der Waals surface area contributed by atoms with Gasteiger partial charge in [0.25, 0.3) is 10.0 Å². The zero-order valence-electron chi connectivity index (χ0n) is 16.4. The van der Waals surface area contributed by atoms with Crippen LogP contribution in [0.1, 0.15) is 17.8 Å². The summed E-state index contributed by atoms with van der Waals surface area (Å²) < 4.78 is 27.6.